The average Bonchev–Trinajstić information content (AvgIpc) is 3.54. The Balaban J connectivity index is 1.77. The summed E-state index contributed by atoms with van der Waals surface area (Å²) in [5.41, 5.74) is 4.54. The first-order valence-corrected chi connectivity index (χ1v) is 14.4. The number of nitrogens with zero attached hydrogens (tertiary/aromatic N) is 3. The fourth-order valence-electron chi connectivity index (χ4n) is 4.34. The zero-order valence-corrected chi connectivity index (χ0v) is 23.0. The van der Waals surface area contributed by atoms with Crippen molar-refractivity contribution in [2.24, 2.45) is 0 Å². The SMILES string of the molecule is CCCNC(=O)CN1C(=O)CS[C@@H](c2cccs2)c2c(-c3ccc(Cl)cc3)nn(-c3ccc(C)cc3)c21. The molecular formula is C28H27ClN4O2S2. The van der Waals surface area contributed by atoms with E-state index in [1.54, 1.807) is 28.0 Å². The minimum absolute atomic E-state index is 0.0683. The molecule has 1 aliphatic heterocycles. The number of carbonyl (C=O) groups is 2. The van der Waals surface area contributed by atoms with Gasteiger partial charge in [0.25, 0.3) is 0 Å². The highest BCUT2D eigenvalue weighted by molar-refractivity contribution is 8.00. The van der Waals surface area contributed by atoms with Crippen LogP contribution < -0.4 is 10.2 Å². The molecule has 0 radical (unpaired) electrons. The third-order valence-electron chi connectivity index (χ3n) is 6.16. The lowest BCUT2D eigenvalue weighted by atomic mass is 10.0. The summed E-state index contributed by atoms with van der Waals surface area (Å²) in [5, 5.41) is 10.6. The number of fused-ring (bicyclic) bond motifs is 1. The summed E-state index contributed by atoms with van der Waals surface area (Å²) >= 11 is 9.44. The van der Waals surface area contributed by atoms with E-state index < -0.39 is 0 Å². The number of thiophene rings is 1. The summed E-state index contributed by atoms with van der Waals surface area (Å²) in [6.45, 7) is 4.53. The molecule has 0 fully saturated rings. The quantitative estimate of drug-likeness (QED) is 0.295. The number of hydrogen-bond donors (Lipinski definition) is 1. The van der Waals surface area contributed by atoms with Crippen molar-refractivity contribution in [2.45, 2.75) is 25.5 Å². The van der Waals surface area contributed by atoms with Crippen LogP contribution in [0.25, 0.3) is 16.9 Å². The number of aryl methyl sites for hydroxylation is 1. The molecule has 2 aromatic heterocycles. The molecule has 2 aromatic carbocycles. The van der Waals surface area contributed by atoms with Crippen molar-refractivity contribution in [1.29, 1.82) is 0 Å². The van der Waals surface area contributed by atoms with E-state index in [2.05, 4.69) is 11.4 Å². The molecule has 6 nitrogen and oxygen atoms in total. The van der Waals surface area contributed by atoms with Gasteiger partial charge in [-0.3, -0.25) is 14.5 Å². The van der Waals surface area contributed by atoms with Crippen LogP contribution in [-0.2, 0) is 9.59 Å². The largest absolute Gasteiger partial charge is 0.355 e. The van der Waals surface area contributed by atoms with Crippen LogP contribution in [0.1, 0.15) is 34.6 Å². The summed E-state index contributed by atoms with van der Waals surface area (Å²) in [6.07, 6.45) is 0.823. The van der Waals surface area contributed by atoms with Gasteiger partial charge in [-0.15, -0.1) is 23.1 Å². The fourth-order valence-corrected chi connectivity index (χ4v) is 6.64. The van der Waals surface area contributed by atoms with E-state index in [1.165, 1.54) is 0 Å². The van der Waals surface area contributed by atoms with Gasteiger partial charge < -0.3 is 5.32 Å². The van der Waals surface area contributed by atoms with Gasteiger partial charge in [0, 0.05) is 27.6 Å². The Labute approximate surface area is 229 Å². The molecule has 0 spiro atoms. The van der Waals surface area contributed by atoms with Crippen LogP contribution >= 0.6 is 34.7 Å². The molecule has 1 atom stereocenters. The summed E-state index contributed by atoms with van der Waals surface area (Å²) in [6, 6.07) is 19.7. The predicted octanol–water partition coefficient (Wildman–Crippen LogP) is 6.26. The Bertz CT molecular complexity index is 1400. The second kappa shape index (κ2) is 11.1. The van der Waals surface area contributed by atoms with E-state index in [-0.39, 0.29) is 29.4 Å². The molecule has 9 heteroatoms. The van der Waals surface area contributed by atoms with Crippen molar-refractivity contribution in [3.8, 4) is 16.9 Å². The Kier molecular flexibility index (Phi) is 7.69. The monoisotopic (exact) mass is 550 g/mol. The summed E-state index contributed by atoms with van der Waals surface area (Å²) < 4.78 is 1.82. The van der Waals surface area contributed by atoms with E-state index in [0.717, 1.165) is 39.4 Å². The zero-order valence-electron chi connectivity index (χ0n) is 20.6. The molecule has 0 unspecified atom stereocenters. The molecule has 1 N–H and O–H groups in total. The molecule has 190 valence electrons. The number of aromatic nitrogens is 2. The van der Waals surface area contributed by atoms with Gasteiger partial charge in [0.1, 0.15) is 12.4 Å². The maximum Gasteiger partial charge on any atom is 0.240 e. The number of carbonyl (C=O) groups excluding carboxylic acids is 2. The number of anilines is 1. The van der Waals surface area contributed by atoms with Crippen molar-refractivity contribution < 1.29 is 9.59 Å². The Morgan fingerprint density at radius 2 is 1.89 bits per heavy atom. The van der Waals surface area contributed by atoms with Crippen LogP contribution in [0.5, 0.6) is 0 Å². The summed E-state index contributed by atoms with van der Waals surface area (Å²) in [4.78, 5) is 29.2. The summed E-state index contributed by atoms with van der Waals surface area (Å²) in [5.74, 6) is 0.582. The van der Waals surface area contributed by atoms with E-state index >= 15 is 0 Å². The molecule has 0 bridgehead atoms. The van der Waals surface area contributed by atoms with Gasteiger partial charge in [0.2, 0.25) is 11.8 Å². The highest BCUT2D eigenvalue weighted by Gasteiger charge is 2.38. The fraction of sp³-hybridized carbons (Fsp3) is 0.250. The number of rotatable bonds is 7. The van der Waals surface area contributed by atoms with Crippen molar-refractivity contribution in [2.75, 3.05) is 23.7 Å². The minimum Gasteiger partial charge on any atom is -0.355 e. The van der Waals surface area contributed by atoms with Gasteiger partial charge in [0.05, 0.1) is 22.4 Å². The molecule has 0 saturated heterocycles. The number of halogens is 1. The highest BCUT2D eigenvalue weighted by atomic mass is 35.5. The molecule has 37 heavy (non-hydrogen) atoms. The van der Waals surface area contributed by atoms with Crippen molar-refractivity contribution in [3.63, 3.8) is 0 Å². The number of thioether (sulfide) groups is 1. The number of amides is 2. The maximum atomic E-state index is 13.6. The number of nitrogens with one attached hydrogen (secondary N) is 1. The molecule has 0 saturated carbocycles. The Morgan fingerprint density at radius 1 is 1.14 bits per heavy atom. The lowest BCUT2D eigenvalue weighted by Gasteiger charge is -2.23. The van der Waals surface area contributed by atoms with Gasteiger partial charge >= 0.3 is 0 Å². The Hall–Kier alpha value is -3.07. The molecule has 3 heterocycles. The highest BCUT2D eigenvalue weighted by Crippen LogP contribution is 2.49. The Morgan fingerprint density at radius 3 is 2.57 bits per heavy atom. The molecule has 1 aliphatic rings. The lowest BCUT2D eigenvalue weighted by Crippen LogP contribution is -2.42. The van der Waals surface area contributed by atoms with Crippen molar-refractivity contribution in [3.05, 3.63) is 87.1 Å². The molecule has 5 rings (SSSR count). The average molecular weight is 551 g/mol. The predicted molar refractivity (Wildman–Crippen MR) is 153 cm³/mol. The third-order valence-corrected chi connectivity index (χ3v) is 8.74. The summed E-state index contributed by atoms with van der Waals surface area (Å²) in [7, 11) is 0. The van der Waals surface area contributed by atoms with Gasteiger partial charge in [-0.25, -0.2) is 4.68 Å². The van der Waals surface area contributed by atoms with Crippen molar-refractivity contribution >= 4 is 52.3 Å². The normalized spacial score (nSPS) is 15.4. The van der Waals surface area contributed by atoms with Crippen LogP contribution in [0, 0.1) is 6.92 Å². The third kappa shape index (κ3) is 5.32. The van der Waals surface area contributed by atoms with Crippen LogP contribution in [0.4, 0.5) is 5.82 Å². The van der Waals surface area contributed by atoms with E-state index in [9.17, 15) is 9.59 Å². The van der Waals surface area contributed by atoms with Crippen LogP contribution in [-0.4, -0.2) is 40.4 Å². The second-order valence-electron chi connectivity index (χ2n) is 8.88. The first-order chi connectivity index (χ1) is 18.0. The zero-order chi connectivity index (χ0) is 25.9. The van der Waals surface area contributed by atoms with Gasteiger partial charge in [-0.05, 0) is 49.1 Å². The van der Waals surface area contributed by atoms with Crippen LogP contribution in [0.15, 0.2) is 66.0 Å². The molecule has 2 amide bonds. The van der Waals surface area contributed by atoms with E-state index in [0.29, 0.717) is 17.4 Å². The maximum absolute atomic E-state index is 13.6. The van der Waals surface area contributed by atoms with Crippen LogP contribution in [0.2, 0.25) is 5.02 Å². The smallest absolute Gasteiger partial charge is 0.240 e. The first-order valence-electron chi connectivity index (χ1n) is 12.1. The molecular weight excluding hydrogens is 524 g/mol. The minimum atomic E-state index is -0.189. The van der Waals surface area contributed by atoms with Crippen molar-refractivity contribution in [1.82, 2.24) is 15.1 Å². The van der Waals surface area contributed by atoms with Crippen LogP contribution in [0.3, 0.4) is 0 Å². The van der Waals surface area contributed by atoms with E-state index in [4.69, 9.17) is 16.7 Å². The van der Waals surface area contributed by atoms with Gasteiger partial charge in [0.15, 0.2) is 0 Å². The standard InChI is InChI=1S/C28H27ClN4O2S2/c1-3-14-30-23(34)16-32-24(35)17-37-27(22-5-4-15-36-22)25-26(19-8-10-20(29)11-9-19)31-33(28(25)32)21-12-6-18(2)7-13-21/h4-13,15,27H,3,14,16-17H2,1-2H3,(H,30,34)/t27-/m0/s1. The molecule has 0 aliphatic carbocycles. The lowest BCUT2D eigenvalue weighted by molar-refractivity contribution is -0.122. The number of hydrogen-bond acceptors (Lipinski definition) is 5. The topological polar surface area (TPSA) is 67.2 Å². The van der Waals surface area contributed by atoms with Gasteiger partial charge in [-0.1, -0.05) is 54.4 Å². The van der Waals surface area contributed by atoms with E-state index in [1.807, 2.05) is 78.5 Å². The van der Waals surface area contributed by atoms with Gasteiger partial charge in [-0.2, -0.15) is 5.10 Å². The second-order valence-corrected chi connectivity index (χ2v) is 11.4. The first kappa shape index (κ1) is 25.6. The molecule has 4 aromatic rings. The number of benzene rings is 2.